The standard InChI is InChI=1S/C19H23FN2O3S/c1-15-2-4-16(5-3-15)19(14-22-10-12-25-13-11-22)21-26(23,24)18-8-6-17(20)7-9-18/h2-9,19,21H,10-14H2,1H3/t19-/m0/s1. The molecule has 7 heteroatoms. The quantitative estimate of drug-likeness (QED) is 0.839. The molecule has 5 nitrogen and oxygen atoms in total. The number of benzene rings is 2. The predicted octanol–water partition coefficient (Wildman–Crippen LogP) is 2.49. The molecule has 0 aromatic heterocycles. The van der Waals surface area contributed by atoms with Gasteiger partial charge in [0.25, 0.3) is 0 Å². The molecule has 3 rings (SSSR count). The van der Waals surface area contributed by atoms with Gasteiger partial charge in [0.2, 0.25) is 10.0 Å². The first-order valence-corrected chi connectivity index (χ1v) is 10.1. The summed E-state index contributed by atoms with van der Waals surface area (Å²) < 4.78 is 46.8. The van der Waals surface area contributed by atoms with Crippen molar-refractivity contribution in [1.29, 1.82) is 0 Å². The minimum absolute atomic E-state index is 0.0537. The van der Waals surface area contributed by atoms with E-state index in [0.717, 1.165) is 36.3 Å². The van der Waals surface area contributed by atoms with Crippen molar-refractivity contribution in [3.8, 4) is 0 Å². The maximum Gasteiger partial charge on any atom is 0.241 e. The van der Waals surface area contributed by atoms with Gasteiger partial charge in [-0.15, -0.1) is 0 Å². The lowest BCUT2D eigenvalue weighted by Crippen LogP contribution is -2.43. The number of morpholine rings is 1. The molecule has 1 fully saturated rings. The van der Waals surface area contributed by atoms with Crippen LogP contribution in [0.15, 0.2) is 53.4 Å². The molecule has 1 heterocycles. The molecule has 0 radical (unpaired) electrons. The van der Waals surface area contributed by atoms with E-state index in [1.54, 1.807) is 0 Å². The number of nitrogens with one attached hydrogen (secondary N) is 1. The summed E-state index contributed by atoms with van der Waals surface area (Å²) in [5, 5.41) is 0. The van der Waals surface area contributed by atoms with E-state index in [9.17, 15) is 12.8 Å². The molecular formula is C19H23FN2O3S. The van der Waals surface area contributed by atoms with Crippen LogP contribution in [0.3, 0.4) is 0 Å². The molecule has 1 N–H and O–H groups in total. The van der Waals surface area contributed by atoms with Crippen LogP contribution in [0, 0.1) is 12.7 Å². The van der Waals surface area contributed by atoms with Crippen LogP contribution in [-0.2, 0) is 14.8 Å². The maximum atomic E-state index is 13.1. The third kappa shape index (κ3) is 4.88. The number of sulfonamides is 1. The van der Waals surface area contributed by atoms with Crippen molar-refractivity contribution in [3.63, 3.8) is 0 Å². The number of rotatable bonds is 6. The van der Waals surface area contributed by atoms with Gasteiger partial charge in [-0.05, 0) is 36.8 Å². The van der Waals surface area contributed by atoms with Crippen LogP contribution in [-0.4, -0.2) is 46.2 Å². The molecule has 26 heavy (non-hydrogen) atoms. The highest BCUT2D eigenvalue weighted by atomic mass is 32.2. The predicted molar refractivity (Wildman–Crippen MR) is 97.9 cm³/mol. The topological polar surface area (TPSA) is 58.6 Å². The van der Waals surface area contributed by atoms with Gasteiger partial charge in [-0.3, -0.25) is 4.90 Å². The van der Waals surface area contributed by atoms with E-state index >= 15 is 0 Å². The Balaban J connectivity index is 1.84. The Labute approximate surface area is 153 Å². The van der Waals surface area contributed by atoms with Crippen molar-refractivity contribution in [2.24, 2.45) is 0 Å². The molecule has 0 bridgehead atoms. The monoisotopic (exact) mass is 378 g/mol. The minimum atomic E-state index is -3.76. The average Bonchev–Trinajstić information content (AvgIpc) is 2.63. The van der Waals surface area contributed by atoms with E-state index in [0.29, 0.717) is 19.8 Å². The molecule has 0 unspecified atom stereocenters. The Kier molecular flexibility index (Phi) is 6.03. The largest absolute Gasteiger partial charge is 0.379 e. The number of hydrogen-bond acceptors (Lipinski definition) is 4. The SMILES string of the molecule is Cc1ccc([C@H](CN2CCOCC2)NS(=O)(=O)c2ccc(F)cc2)cc1. The minimum Gasteiger partial charge on any atom is -0.379 e. The highest BCUT2D eigenvalue weighted by Gasteiger charge is 2.24. The molecule has 1 aliphatic heterocycles. The average molecular weight is 378 g/mol. The van der Waals surface area contributed by atoms with Gasteiger partial charge in [-0.2, -0.15) is 0 Å². The van der Waals surface area contributed by atoms with Gasteiger partial charge in [0.1, 0.15) is 5.82 Å². The van der Waals surface area contributed by atoms with Crippen LogP contribution in [0.4, 0.5) is 4.39 Å². The maximum absolute atomic E-state index is 13.1. The molecule has 0 saturated carbocycles. The smallest absolute Gasteiger partial charge is 0.241 e. The van der Waals surface area contributed by atoms with E-state index in [2.05, 4.69) is 9.62 Å². The summed E-state index contributed by atoms with van der Waals surface area (Å²) in [6.45, 7) is 5.36. The fourth-order valence-corrected chi connectivity index (χ4v) is 4.14. The van der Waals surface area contributed by atoms with Crippen molar-refractivity contribution in [2.75, 3.05) is 32.8 Å². The first-order chi connectivity index (χ1) is 12.4. The van der Waals surface area contributed by atoms with E-state index in [-0.39, 0.29) is 4.90 Å². The summed E-state index contributed by atoms with van der Waals surface area (Å²) in [7, 11) is -3.76. The third-order valence-electron chi connectivity index (χ3n) is 4.45. The molecule has 140 valence electrons. The van der Waals surface area contributed by atoms with Crippen molar-refractivity contribution >= 4 is 10.0 Å². The Morgan fingerprint density at radius 3 is 2.31 bits per heavy atom. The zero-order chi connectivity index (χ0) is 18.6. The summed E-state index contributed by atoms with van der Waals surface area (Å²) in [6.07, 6.45) is 0. The summed E-state index contributed by atoms with van der Waals surface area (Å²) >= 11 is 0. The van der Waals surface area contributed by atoms with Gasteiger partial charge in [0.15, 0.2) is 0 Å². The van der Waals surface area contributed by atoms with E-state index in [4.69, 9.17) is 4.74 Å². The second-order valence-electron chi connectivity index (χ2n) is 6.45. The second-order valence-corrected chi connectivity index (χ2v) is 8.17. The van der Waals surface area contributed by atoms with Crippen molar-refractivity contribution < 1.29 is 17.5 Å². The lowest BCUT2D eigenvalue weighted by Gasteiger charge is -2.31. The van der Waals surface area contributed by atoms with Gasteiger partial charge < -0.3 is 4.74 Å². The first-order valence-electron chi connectivity index (χ1n) is 8.58. The zero-order valence-electron chi connectivity index (χ0n) is 14.7. The molecule has 2 aromatic carbocycles. The van der Waals surface area contributed by atoms with Crippen molar-refractivity contribution in [2.45, 2.75) is 17.9 Å². The Morgan fingerprint density at radius 1 is 1.08 bits per heavy atom. The lowest BCUT2D eigenvalue weighted by atomic mass is 10.1. The normalized spacial score (nSPS) is 17.2. The number of hydrogen-bond donors (Lipinski definition) is 1. The highest BCUT2D eigenvalue weighted by molar-refractivity contribution is 7.89. The molecule has 0 aliphatic carbocycles. The summed E-state index contributed by atoms with van der Waals surface area (Å²) in [5.41, 5.74) is 2.01. The van der Waals surface area contributed by atoms with Gasteiger partial charge in [0, 0.05) is 19.6 Å². The molecule has 0 spiro atoms. The first kappa shape index (κ1) is 19.0. The summed E-state index contributed by atoms with van der Waals surface area (Å²) in [6, 6.07) is 12.3. The second kappa shape index (κ2) is 8.26. The zero-order valence-corrected chi connectivity index (χ0v) is 15.5. The van der Waals surface area contributed by atoms with Crippen LogP contribution in [0.25, 0.3) is 0 Å². The van der Waals surface area contributed by atoms with Crippen LogP contribution in [0.5, 0.6) is 0 Å². The fraction of sp³-hybridized carbons (Fsp3) is 0.368. The molecule has 2 aromatic rings. The Hall–Kier alpha value is -1.80. The van der Waals surface area contributed by atoms with E-state index in [1.165, 1.54) is 12.1 Å². The van der Waals surface area contributed by atoms with Crippen LogP contribution in [0.1, 0.15) is 17.2 Å². The molecule has 1 atom stereocenters. The van der Waals surface area contributed by atoms with Gasteiger partial charge in [-0.25, -0.2) is 17.5 Å². The number of halogens is 1. The van der Waals surface area contributed by atoms with Crippen LogP contribution in [0.2, 0.25) is 0 Å². The highest BCUT2D eigenvalue weighted by Crippen LogP contribution is 2.20. The van der Waals surface area contributed by atoms with E-state index < -0.39 is 21.9 Å². The van der Waals surface area contributed by atoms with Crippen LogP contribution >= 0.6 is 0 Å². The lowest BCUT2D eigenvalue weighted by molar-refractivity contribution is 0.0345. The Bertz CT molecular complexity index is 817. The molecule has 1 aliphatic rings. The molecule has 1 saturated heterocycles. The molecular weight excluding hydrogens is 355 g/mol. The summed E-state index contributed by atoms with van der Waals surface area (Å²) in [5.74, 6) is -0.465. The van der Waals surface area contributed by atoms with Gasteiger partial charge in [0.05, 0.1) is 24.2 Å². The third-order valence-corrected chi connectivity index (χ3v) is 5.93. The fourth-order valence-electron chi connectivity index (χ4n) is 2.92. The van der Waals surface area contributed by atoms with Crippen molar-refractivity contribution in [3.05, 3.63) is 65.5 Å². The van der Waals surface area contributed by atoms with Gasteiger partial charge in [-0.1, -0.05) is 29.8 Å². The number of aryl methyl sites for hydroxylation is 1. The number of ether oxygens (including phenoxy) is 1. The van der Waals surface area contributed by atoms with E-state index in [1.807, 2.05) is 31.2 Å². The van der Waals surface area contributed by atoms with Crippen LogP contribution < -0.4 is 4.72 Å². The molecule has 0 amide bonds. The number of nitrogens with zero attached hydrogens (tertiary/aromatic N) is 1. The van der Waals surface area contributed by atoms with Crippen molar-refractivity contribution in [1.82, 2.24) is 9.62 Å². The Morgan fingerprint density at radius 2 is 1.69 bits per heavy atom. The summed E-state index contributed by atoms with van der Waals surface area (Å²) in [4.78, 5) is 2.24. The van der Waals surface area contributed by atoms with Gasteiger partial charge >= 0.3 is 0 Å².